The molecule has 1 aromatic rings. The van der Waals surface area contributed by atoms with Gasteiger partial charge in [-0.2, -0.15) is 0 Å². The number of aliphatic carboxylic acids is 1. The van der Waals surface area contributed by atoms with Gasteiger partial charge in [0.05, 0.1) is 5.41 Å². The van der Waals surface area contributed by atoms with Crippen LogP contribution in [-0.2, 0) is 11.3 Å². The molecular formula is C12H16BrNO2. The monoisotopic (exact) mass is 285 g/mol. The predicted octanol–water partition coefficient (Wildman–Crippen LogP) is 2.65. The van der Waals surface area contributed by atoms with E-state index in [0.717, 1.165) is 10.0 Å². The summed E-state index contributed by atoms with van der Waals surface area (Å²) in [5.41, 5.74) is 0.394. The minimum atomic E-state index is -0.785. The van der Waals surface area contributed by atoms with E-state index in [9.17, 15) is 4.79 Å². The lowest BCUT2D eigenvalue weighted by atomic mass is 9.94. The highest BCUT2D eigenvalue weighted by atomic mass is 79.9. The van der Waals surface area contributed by atoms with Crippen molar-refractivity contribution in [1.82, 2.24) is 5.32 Å². The smallest absolute Gasteiger partial charge is 0.310 e. The number of hydrogen-bond donors (Lipinski definition) is 2. The van der Waals surface area contributed by atoms with Gasteiger partial charge in [-0.05, 0) is 25.5 Å². The summed E-state index contributed by atoms with van der Waals surface area (Å²) in [6, 6.07) is 7.89. The molecule has 1 rings (SSSR count). The van der Waals surface area contributed by atoms with Crippen molar-refractivity contribution in [3.05, 3.63) is 34.3 Å². The third kappa shape index (κ3) is 3.61. The Kier molecular flexibility index (Phi) is 4.50. The predicted molar refractivity (Wildman–Crippen MR) is 67.3 cm³/mol. The van der Waals surface area contributed by atoms with Crippen LogP contribution in [0, 0.1) is 5.41 Å². The number of hydrogen-bond acceptors (Lipinski definition) is 2. The lowest BCUT2D eigenvalue weighted by Crippen LogP contribution is -2.35. The van der Waals surface area contributed by atoms with Gasteiger partial charge in [-0.1, -0.05) is 34.1 Å². The van der Waals surface area contributed by atoms with Crippen molar-refractivity contribution in [3.63, 3.8) is 0 Å². The molecule has 1 aromatic carbocycles. The molecule has 2 N–H and O–H groups in total. The number of nitrogens with one attached hydrogen (secondary N) is 1. The van der Waals surface area contributed by atoms with Crippen molar-refractivity contribution in [3.8, 4) is 0 Å². The van der Waals surface area contributed by atoms with E-state index in [-0.39, 0.29) is 0 Å². The molecule has 0 radical (unpaired) electrons. The third-order valence-corrected chi connectivity index (χ3v) is 3.19. The van der Waals surface area contributed by atoms with Crippen LogP contribution in [0.15, 0.2) is 28.7 Å². The first kappa shape index (κ1) is 13.2. The van der Waals surface area contributed by atoms with Crippen LogP contribution in [0.5, 0.6) is 0 Å². The van der Waals surface area contributed by atoms with Gasteiger partial charge in [0.25, 0.3) is 0 Å². The van der Waals surface area contributed by atoms with E-state index in [2.05, 4.69) is 21.2 Å². The first-order valence-electron chi connectivity index (χ1n) is 5.11. The van der Waals surface area contributed by atoms with Gasteiger partial charge >= 0.3 is 5.97 Å². The highest BCUT2D eigenvalue weighted by molar-refractivity contribution is 9.10. The maximum Gasteiger partial charge on any atom is 0.310 e. The van der Waals surface area contributed by atoms with Gasteiger partial charge in [0, 0.05) is 17.6 Å². The molecule has 88 valence electrons. The molecule has 0 atom stereocenters. The fraction of sp³-hybridized carbons (Fsp3) is 0.417. The molecule has 4 heteroatoms. The molecule has 0 heterocycles. The summed E-state index contributed by atoms with van der Waals surface area (Å²) in [5.74, 6) is -0.785. The number of carboxylic acids is 1. The Morgan fingerprint density at radius 1 is 1.44 bits per heavy atom. The van der Waals surface area contributed by atoms with Gasteiger partial charge in [0.2, 0.25) is 0 Å². The Bertz CT molecular complexity index is 377. The summed E-state index contributed by atoms with van der Waals surface area (Å²) in [5, 5.41) is 12.1. The quantitative estimate of drug-likeness (QED) is 0.875. The van der Waals surface area contributed by atoms with Crippen LogP contribution in [0.1, 0.15) is 19.4 Å². The third-order valence-electron chi connectivity index (χ3n) is 2.42. The Labute approximate surface area is 104 Å². The Hall–Kier alpha value is -0.870. The molecule has 3 nitrogen and oxygen atoms in total. The SMILES string of the molecule is CC(C)(CNCc1ccccc1Br)C(=O)O. The largest absolute Gasteiger partial charge is 0.481 e. The van der Waals surface area contributed by atoms with Crippen LogP contribution < -0.4 is 5.32 Å². The molecule has 0 fully saturated rings. The summed E-state index contributed by atoms with van der Waals surface area (Å²) in [6.07, 6.45) is 0. The van der Waals surface area contributed by atoms with E-state index in [1.807, 2.05) is 24.3 Å². The van der Waals surface area contributed by atoms with Crippen molar-refractivity contribution in [2.24, 2.45) is 5.41 Å². The normalized spacial score (nSPS) is 11.4. The molecular weight excluding hydrogens is 270 g/mol. The molecule has 16 heavy (non-hydrogen) atoms. The molecule has 0 saturated carbocycles. The van der Waals surface area contributed by atoms with Gasteiger partial charge in [0.1, 0.15) is 0 Å². The van der Waals surface area contributed by atoms with Crippen LogP contribution in [0.25, 0.3) is 0 Å². The number of halogens is 1. The number of benzene rings is 1. The second kappa shape index (κ2) is 5.46. The minimum absolute atomic E-state index is 0.448. The Morgan fingerprint density at radius 3 is 2.62 bits per heavy atom. The molecule has 0 aliphatic heterocycles. The molecule has 0 unspecified atom stereocenters. The highest BCUT2D eigenvalue weighted by Gasteiger charge is 2.26. The van der Waals surface area contributed by atoms with E-state index in [0.29, 0.717) is 13.1 Å². The molecule has 0 amide bonds. The Morgan fingerprint density at radius 2 is 2.06 bits per heavy atom. The number of carbonyl (C=O) groups is 1. The number of rotatable bonds is 5. The van der Waals surface area contributed by atoms with Gasteiger partial charge in [0.15, 0.2) is 0 Å². The van der Waals surface area contributed by atoms with Crippen molar-refractivity contribution in [2.45, 2.75) is 20.4 Å². The van der Waals surface area contributed by atoms with E-state index in [1.54, 1.807) is 13.8 Å². The standard InChI is InChI=1S/C12H16BrNO2/c1-12(2,11(15)16)8-14-7-9-5-3-4-6-10(9)13/h3-6,14H,7-8H2,1-2H3,(H,15,16). The maximum atomic E-state index is 10.9. The second-order valence-corrected chi connectivity index (χ2v) is 5.24. The van der Waals surface area contributed by atoms with Crippen LogP contribution in [0.2, 0.25) is 0 Å². The molecule has 0 aromatic heterocycles. The molecule has 0 spiro atoms. The summed E-state index contributed by atoms with van der Waals surface area (Å²) in [7, 11) is 0. The average Bonchev–Trinajstić information content (AvgIpc) is 2.20. The highest BCUT2D eigenvalue weighted by Crippen LogP contribution is 2.17. The van der Waals surface area contributed by atoms with Crippen molar-refractivity contribution >= 4 is 21.9 Å². The van der Waals surface area contributed by atoms with Gasteiger partial charge in [-0.3, -0.25) is 4.79 Å². The maximum absolute atomic E-state index is 10.9. The van der Waals surface area contributed by atoms with E-state index < -0.39 is 11.4 Å². The summed E-state index contributed by atoms with van der Waals surface area (Å²) < 4.78 is 1.04. The van der Waals surface area contributed by atoms with E-state index in [4.69, 9.17) is 5.11 Å². The van der Waals surface area contributed by atoms with Crippen LogP contribution in [0.4, 0.5) is 0 Å². The summed E-state index contributed by atoms with van der Waals surface area (Å²) in [4.78, 5) is 10.9. The van der Waals surface area contributed by atoms with Crippen LogP contribution in [-0.4, -0.2) is 17.6 Å². The zero-order chi connectivity index (χ0) is 12.2. The number of carboxylic acid groups (broad SMARTS) is 1. The lowest BCUT2D eigenvalue weighted by molar-refractivity contribution is -0.146. The van der Waals surface area contributed by atoms with Crippen LogP contribution in [0.3, 0.4) is 0 Å². The first-order chi connectivity index (χ1) is 7.43. The van der Waals surface area contributed by atoms with Gasteiger partial charge in [-0.25, -0.2) is 0 Å². The fourth-order valence-electron chi connectivity index (χ4n) is 1.23. The van der Waals surface area contributed by atoms with Gasteiger partial charge < -0.3 is 10.4 Å². The lowest BCUT2D eigenvalue weighted by Gasteiger charge is -2.19. The van der Waals surface area contributed by atoms with Gasteiger partial charge in [-0.15, -0.1) is 0 Å². The van der Waals surface area contributed by atoms with Crippen molar-refractivity contribution in [1.29, 1.82) is 0 Å². The van der Waals surface area contributed by atoms with E-state index in [1.165, 1.54) is 0 Å². The summed E-state index contributed by atoms with van der Waals surface area (Å²) >= 11 is 3.45. The molecule has 0 saturated heterocycles. The first-order valence-corrected chi connectivity index (χ1v) is 5.90. The fourth-order valence-corrected chi connectivity index (χ4v) is 1.65. The van der Waals surface area contributed by atoms with Crippen LogP contribution >= 0.6 is 15.9 Å². The molecule has 0 bridgehead atoms. The summed E-state index contributed by atoms with van der Waals surface area (Å²) in [6.45, 7) is 4.53. The zero-order valence-electron chi connectivity index (χ0n) is 9.46. The molecule has 0 aliphatic rings. The van der Waals surface area contributed by atoms with Crippen molar-refractivity contribution in [2.75, 3.05) is 6.54 Å². The zero-order valence-corrected chi connectivity index (χ0v) is 11.0. The van der Waals surface area contributed by atoms with Crippen molar-refractivity contribution < 1.29 is 9.90 Å². The average molecular weight is 286 g/mol. The minimum Gasteiger partial charge on any atom is -0.481 e. The second-order valence-electron chi connectivity index (χ2n) is 4.38. The Balaban J connectivity index is 2.48. The van der Waals surface area contributed by atoms with E-state index >= 15 is 0 Å². The molecule has 0 aliphatic carbocycles. The topological polar surface area (TPSA) is 49.3 Å².